The molecule has 5 fully saturated rings. The lowest BCUT2D eigenvalue weighted by Gasteiger charge is -2.63. The molecule has 1 saturated heterocycles. The molecule has 0 aromatic heterocycles. The van der Waals surface area contributed by atoms with Crippen LogP contribution >= 0.6 is 0 Å². The highest BCUT2D eigenvalue weighted by molar-refractivity contribution is 5.83. The van der Waals surface area contributed by atoms with Crippen LogP contribution in [0.15, 0.2) is 0 Å². The van der Waals surface area contributed by atoms with Crippen molar-refractivity contribution in [2.45, 2.75) is 117 Å². The first-order valence-corrected chi connectivity index (χ1v) is 18.4. The summed E-state index contributed by atoms with van der Waals surface area (Å²) in [6.45, 7) is -2.30. The molecule has 13 atom stereocenters. The van der Waals surface area contributed by atoms with Crippen molar-refractivity contribution >= 4 is 12.0 Å². The Bertz CT molecular complexity index is 1200. The Morgan fingerprint density at radius 1 is 0.811 bits per heavy atom. The molecule has 19 nitrogen and oxygen atoms in total. The fourth-order valence-corrected chi connectivity index (χ4v) is 9.22. The number of ether oxygens (including phenoxy) is 2. The van der Waals surface area contributed by atoms with E-state index < -0.39 is 98.4 Å². The van der Waals surface area contributed by atoms with Crippen molar-refractivity contribution in [3.05, 3.63) is 0 Å². The molecule has 5 rings (SSSR count). The summed E-state index contributed by atoms with van der Waals surface area (Å²) < 4.78 is 12.2. The van der Waals surface area contributed by atoms with Crippen LogP contribution in [-0.2, 0) is 14.3 Å². The summed E-state index contributed by atoms with van der Waals surface area (Å²) in [6, 6.07) is 1.59. The number of aliphatic hydroxyl groups is 10. The van der Waals surface area contributed by atoms with Crippen LogP contribution in [0.2, 0.25) is 0 Å². The summed E-state index contributed by atoms with van der Waals surface area (Å²) in [6.07, 6.45) is -10.3. The molecule has 0 aromatic carbocycles. The molecule has 53 heavy (non-hydrogen) atoms. The summed E-state index contributed by atoms with van der Waals surface area (Å²) >= 11 is 0. The van der Waals surface area contributed by atoms with E-state index >= 15 is 0 Å². The maximum Gasteiger partial charge on any atom is 0.408 e. The molecule has 4 aliphatic carbocycles. The third-order valence-electron chi connectivity index (χ3n) is 11.5. The summed E-state index contributed by atoms with van der Waals surface area (Å²) in [5.74, 6) is 0.0734. The molecular formula is C34H58N4O15. The van der Waals surface area contributed by atoms with Gasteiger partial charge in [0.1, 0.15) is 49.2 Å². The molecule has 304 valence electrons. The smallest absolute Gasteiger partial charge is 0.408 e. The van der Waals surface area contributed by atoms with Gasteiger partial charge < -0.3 is 70.5 Å². The molecule has 0 radical (unpaired) electrons. The summed E-state index contributed by atoms with van der Waals surface area (Å²) in [7, 11) is 0. The highest BCUT2D eigenvalue weighted by Gasteiger charge is 2.61. The number of hydrogen-bond acceptors (Lipinski definition) is 16. The van der Waals surface area contributed by atoms with Crippen LogP contribution in [0.1, 0.15) is 51.4 Å². The lowest BCUT2D eigenvalue weighted by molar-refractivity contribution is -0.200. The lowest BCUT2D eigenvalue weighted by atomic mass is 9.50. The van der Waals surface area contributed by atoms with Gasteiger partial charge in [0.05, 0.1) is 62.5 Å². The summed E-state index contributed by atoms with van der Waals surface area (Å²) in [4.78, 5) is 30.0. The minimum atomic E-state index is -1.91. The van der Waals surface area contributed by atoms with Crippen LogP contribution in [0.3, 0.4) is 0 Å². The second-order valence-electron chi connectivity index (χ2n) is 15.4. The Kier molecular flexibility index (Phi) is 15.6. The molecule has 4 bridgehead atoms. The van der Waals surface area contributed by atoms with Crippen molar-refractivity contribution in [1.82, 2.24) is 14.7 Å². The minimum Gasteiger partial charge on any atom is -0.465 e. The zero-order valence-electron chi connectivity index (χ0n) is 29.9. The number of hydrogen-bond donors (Lipinski definition) is 11. The van der Waals surface area contributed by atoms with Gasteiger partial charge in [-0.25, -0.2) is 4.79 Å². The molecule has 4 unspecified atom stereocenters. The third kappa shape index (κ3) is 10.5. The van der Waals surface area contributed by atoms with Gasteiger partial charge in [-0.3, -0.25) is 14.6 Å². The maximum atomic E-state index is 13.3. The number of carbonyl (C=O) groups excluding carboxylic acids is 1. The van der Waals surface area contributed by atoms with Gasteiger partial charge in [0.15, 0.2) is 0 Å². The molecular weight excluding hydrogens is 704 g/mol. The fraction of sp³-hybridized carbons (Fsp3) is 0.912. The molecule has 5 aliphatic rings. The highest BCUT2D eigenvalue weighted by Crippen LogP contribution is 2.60. The molecule has 0 aromatic rings. The van der Waals surface area contributed by atoms with E-state index in [1.54, 1.807) is 0 Å². The van der Waals surface area contributed by atoms with E-state index in [1.165, 1.54) is 14.7 Å². The molecule has 1 heterocycles. The van der Waals surface area contributed by atoms with Gasteiger partial charge in [-0.1, -0.05) is 0 Å². The number of aliphatic hydroxyl groups excluding tert-OH is 10. The first-order chi connectivity index (χ1) is 25.1. The van der Waals surface area contributed by atoms with Crippen molar-refractivity contribution in [2.24, 2.45) is 11.8 Å². The number of nitriles is 1. The van der Waals surface area contributed by atoms with Crippen molar-refractivity contribution in [2.75, 3.05) is 65.8 Å². The van der Waals surface area contributed by atoms with E-state index in [9.17, 15) is 60.8 Å². The number of nitrogens with zero attached hydrogens (tertiary/aromatic N) is 4. The van der Waals surface area contributed by atoms with E-state index in [0.29, 0.717) is 38.6 Å². The Balaban J connectivity index is 1.33. The standard InChI is InChI=1S/C34H58N4O15/c35-13-22-2-1-3-37(22)27(45)16-38(32(50)51)33-9-20-8-21(10-33)12-34(11-20,19-33)53-7-6-52-5-4-36(14-23(41)28(46)30(48)25(43)17-39)15-24(42)29(47)31(49)26(44)18-40/h20-26,28-31,39-44,46-49H,1-12,14-19H2,(H,50,51)/t20-,21?,22?,23-,24-,25+,26+,28+,29+,30+,31+,33?,34?/m0/s1. The lowest BCUT2D eigenvalue weighted by Crippen LogP contribution is -2.68. The number of rotatable bonds is 22. The van der Waals surface area contributed by atoms with Gasteiger partial charge in [0.2, 0.25) is 5.91 Å². The number of carbonyl (C=O) groups is 2. The second kappa shape index (κ2) is 19.0. The van der Waals surface area contributed by atoms with Crippen LogP contribution in [0.25, 0.3) is 0 Å². The van der Waals surface area contributed by atoms with Gasteiger partial charge in [0.25, 0.3) is 0 Å². The molecule has 19 heteroatoms. The monoisotopic (exact) mass is 762 g/mol. The van der Waals surface area contributed by atoms with Gasteiger partial charge in [0, 0.05) is 26.2 Å². The SMILES string of the molecule is N#CC1CCCN1C(=O)CN(C(=O)O)C12CC3C[C@H](CC(OCCOCCN(C[C@H](O)[C@@H](O)[C@H](O)[C@H](O)CO)C[C@H](O)[C@@H](O)[C@H](O)[C@H](O)CO)(C3)C1)C2. The van der Waals surface area contributed by atoms with E-state index in [-0.39, 0.29) is 50.7 Å². The van der Waals surface area contributed by atoms with E-state index in [1.807, 2.05) is 0 Å². The predicted octanol–water partition coefficient (Wildman–Crippen LogP) is -4.22. The average Bonchev–Trinajstić information content (AvgIpc) is 3.61. The largest absolute Gasteiger partial charge is 0.465 e. The zero-order valence-corrected chi connectivity index (χ0v) is 29.9. The predicted molar refractivity (Wildman–Crippen MR) is 181 cm³/mol. The molecule has 1 aliphatic heterocycles. The van der Waals surface area contributed by atoms with Gasteiger partial charge in [-0.2, -0.15) is 5.26 Å². The molecule has 0 spiro atoms. The van der Waals surface area contributed by atoms with Gasteiger partial charge in [-0.05, 0) is 63.2 Å². The Labute approximate surface area is 308 Å². The van der Waals surface area contributed by atoms with E-state index in [0.717, 1.165) is 19.3 Å². The number of amides is 2. The van der Waals surface area contributed by atoms with E-state index in [2.05, 4.69) is 6.07 Å². The quantitative estimate of drug-likeness (QED) is 0.0466. The van der Waals surface area contributed by atoms with Crippen LogP contribution in [0.5, 0.6) is 0 Å². The normalized spacial score (nSPS) is 31.1. The molecule has 2 amide bonds. The Morgan fingerprint density at radius 2 is 1.36 bits per heavy atom. The van der Waals surface area contributed by atoms with Crippen molar-refractivity contribution in [1.29, 1.82) is 5.26 Å². The molecule has 11 N–H and O–H groups in total. The second-order valence-corrected chi connectivity index (χ2v) is 15.4. The van der Waals surface area contributed by atoms with Crippen molar-refractivity contribution in [3.8, 4) is 6.07 Å². The van der Waals surface area contributed by atoms with Gasteiger partial charge in [-0.15, -0.1) is 0 Å². The first-order valence-electron chi connectivity index (χ1n) is 18.4. The molecule has 4 saturated carbocycles. The van der Waals surface area contributed by atoms with Crippen LogP contribution in [0, 0.1) is 23.2 Å². The minimum absolute atomic E-state index is 0.0179. The topological polar surface area (TPSA) is 309 Å². The fourth-order valence-electron chi connectivity index (χ4n) is 9.22. The highest BCUT2D eigenvalue weighted by atomic mass is 16.5. The van der Waals surface area contributed by atoms with Crippen molar-refractivity contribution < 1.29 is 75.2 Å². The Hall–Kier alpha value is -2.29. The number of carboxylic acid groups (broad SMARTS) is 1. The maximum absolute atomic E-state index is 13.3. The summed E-state index contributed by atoms with van der Waals surface area (Å²) in [5.41, 5.74) is -1.38. The average molecular weight is 763 g/mol. The van der Waals surface area contributed by atoms with Gasteiger partial charge >= 0.3 is 6.09 Å². The van der Waals surface area contributed by atoms with Crippen LogP contribution < -0.4 is 0 Å². The summed E-state index contributed by atoms with van der Waals surface area (Å²) in [5, 5.41) is 119. The van der Waals surface area contributed by atoms with E-state index in [4.69, 9.17) is 19.7 Å². The number of likely N-dealkylation sites (tertiary alicyclic amines) is 1. The Morgan fingerprint density at radius 3 is 1.87 bits per heavy atom. The zero-order chi connectivity index (χ0) is 39.1. The third-order valence-corrected chi connectivity index (χ3v) is 11.5. The van der Waals surface area contributed by atoms with Crippen LogP contribution in [0.4, 0.5) is 4.79 Å². The first kappa shape index (κ1) is 43.4. The van der Waals surface area contributed by atoms with Crippen LogP contribution in [-0.4, -0.2) is 215 Å². The van der Waals surface area contributed by atoms with Crippen molar-refractivity contribution in [3.63, 3.8) is 0 Å².